The standard InChI is InChI=1S/C16H24N6O2/c1-10(16-18-15(20-24-16)13-4-5-13)21-6-7-23-14(8-21)9-22-12(3)17-11(2)19-22/h10,13-14H,4-9H2,1-3H3. The van der Waals surface area contributed by atoms with Crippen LogP contribution >= 0.6 is 0 Å². The number of hydrogen-bond acceptors (Lipinski definition) is 7. The van der Waals surface area contributed by atoms with Crippen molar-refractivity contribution in [1.29, 1.82) is 0 Å². The third kappa shape index (κ3) is 3.21. The molecule has 1 saturated heterocycles. The van der Waals surface area contributed by atoms with Crippen molar-refractivity contribution in [1.82, 2.24) is 29.8 Å². The van der Waals surface area contributed by atoms with Crippen molar-refractivity contribution in [3.63, 3.8) is 0 Å². The zero-order chi connectivity index (χ0) is 16.7. The largest absolute Gasteiger partial charge is 0.374 e. The summed E-state index contributed by atoms with van der Waals surface area (Å²) in [5, 5.41) is 8.56. The van der Waals surface area contributed by atoms with Crippen LogP contribution in [0.15, 0.2) is 4.52 Å². The van der Waals surface area contributed by atoms with E-state index in [9.17, 15) is 0 Å². The number of ether oxygens (including phenoxy) is 1. The molecule has 0 radical (unpaired) electrons. The van der Waals surface area contributed by atoms with Gasteiger partial charge in [-0.1, -0.05) is 5.16 Å². The van der Waals surface area contributed by atoms with Crippen LogP contribution in [-0.2, 0) is 11.3 Å². The molecule has 2 atom stereocenters. The summed E-state index contributed by atoms with van der Waals surface area (Å²) >= 11 is 0. The van der Waals surface area contributed by atoms with Crippen molar-refractivity contribution in [2.75, 3.05) is 19.7 Å². The predicted octanol–water partition coefficient (Wildman–Crippen LogP) is 1.62. The van der Waals surface area contributed by atoms with Gasteiger partial charge in [-0.25, -0.2) is 9.67 Å². The number of morpholine rings is 1. The SMILES string of the molecule is Cc1nc(C)n(CC2CN(C(C)c3nc(C4CC4)no3)CCO2)n1. The van der Waals surface area contributed by atoms with Gasteiger partial charge >= 0.3 is 0 Å². The Labute approximate surface area is 141 Å². The van der Waals surface area contributed by atoms with E-state index in [2.05, 4.69) is 32.0 Å². The molecule has 130 valence electrons. The lowest BCUT2D eigenvalue weighted by Gasteiger charge is -2.35. The molecule has 24 heavy (non-hydrogen) atoms. The zero-order valence-corrected chi connectivity index (χ0v) is 14.5. The van der Waals surface area contributed by atoms with Gasteiger partial charge in [0.1, 0.15) is 11.6 Å². The fourth-order valence-electron chi connectivity index (χ4n) is 3.21. The second-order valence-corrected chi connectivity index (χ2v) is 6.82. The van der Waals surface area contributed by atoms with Gasteiger partial charge in [0.05, 0.1) is 25.3 Å². The van der Waals surface area contributed by atoms with E-state index in [1.165, 1.54) is 12.8 Å². The Morgan fingerprint density at radius 3 is 2.79 bits per heavy atom. The third-order valence-corrected chi connectivity index (χ3v) is 4.81. The third-order valence-electron chi connectivity index (χ3n) is 4.81. The molecule has 0 aromatic carbocycles. The average Bonchev–Trinajstić information content (AvgIpc) is 3.22. The van der Waals surface area contributed by atoms with Gasteiger partial charge in [0.2, 0.25) is 5.89 Å². The summed E-state index contributed by atoms with van der Waals surface area (Å²) in [5.41, 5.74) is 0. The van der Waals surface area contributed by atoms with Crippen LogP contribution in [0.1, 0.15) is 55.1 Å². The van der Waals surface area contributed by atoms with E-state index >= 15 is 0 Å². The van der Waals surface area contributed by atoms with Crippen LogP contribution < -0.4 is 0 Å². The summed E-state index contributed by atoms with van der Waals surface area (Å²) in [6.07, 6.45) is 2.46. The minimum atomic E-state index is 0.0897. The van der Waals surface area contributed by atoms with Crippen LogP contribution in [0.2, 0.25) is 0 Å². The summed E-state index contributed by atoms with van der Waals surface area (Å²) in [7, 11) is 0. The monoisotopic (exact) mass is 332 g/mol. The van der Waals surface area contributed by atoms with Crippen molar-refractivity contribution < 1.29 is 9.26 Å². The molecule has 8 heteroatoms. The number of nitrogens with zero attached hydrogens (tertiary/aromatic N) is 6. The molecule has 8 nitrogen and oxygen atoms in total. The maximum atomic E-state index is 5.92. The second kappa shape index (κ2) is 6.25. The molecule has 4 rings (SSSR count). The van der Waals surface area contributed by atoms with Gasteiger partial charge in [0, 0.05) is 19.0 Å². The topological polar surface area (TPSA) is 82.1 Å². The highest BCUT2D eigenvalue weighted by atomic mass is 16.5. The van der Waals surface area contributed by atoms with Gasteiger partial charge in [-0.3, -0.25) is 4.90 Å². The van der Waals surface area contributed by atoms with Crippen LogP contribution in [0.25, 0.3) is 0 Å². The molecule has 1 aliphatic carbocycles. The van der Waals surface area contributed by atoms with Crippen LogP contribution in [0, 0.1) is 13.8 Å². The molecule has 2 unspecified atom stereocenters. The highest BCUT2D eigenvalue weighted by Crippen LogP contribution is 2.38. The maximum absolute atomic E-state index is 5.92. The van der Waals surface area contributed by atoms with E-state index in [0.29, 0.717) is 25.0 Å². The Morgan fingerprint density at radius 1 is 1.25 bits per heavy atom. The maximum Gasteiger partial charge on any atom is 0.243 e. The lowest BCUT2D eigenvalue weighted by molar-refractivity contribution is -0.0535. The quantitative estimate of drug-likeness (QED) is 0.822. The molecule has 2 aromatic heterocycles. The number of hydrogen-bond donors (Lipinski definition) is 0. The summed E-state index contributed by atoms with van der Waals surface area (Å²) in [6.45, 7) is 9.11. The summed E-state index contributed by atoms with van der Waals surface area (Å²) in [4.78, 5) is 11.3. The Bertz CT molecular complexity index is 707. The first-order valence-corrected chi connectivity index (χ1v) is 8.67. The molecular formula is C16H24N6O2. The van der Waals surface area contributed by atoms with Crippen LogP contribution in [0.4, 0.5) is 0 Å². The van der Waals surface area contributed by atoms with Crippen molar-refractivity contribution in [3.05, 3.63) is 23.4 Å². The van der Waals surface area contributed by atoms with Crippen molar-refractivity contribution in [2.45, 2.75) is 58.2 Å². The molecular weight excluding hydrogens is 308 g/mol. The highest BCUT2D eigenvalue weighted by molar-refractivity contribution is 5.05. The van der Waals surface area contributed by atoms with Gasteiger partial charge < -0.3 is 9.26 Å². The van der Waals surface area contributed by atoms with E-state index in [0.717, 1.165) is 30.6 Å². The van der Waals surface area contributed by atoms with Crippen molar-refractivity contribution in [3.8, 4) is 0 Å². The van der Waals surface area contributed by atoms with Crippen LogP contribution in [0.5, 0.6) is 0 Å². The number of rotatable bonds is 5. The van der Waals surface area contributed by atoms with Gasteiger partial charge in [-0.2, -0.15) is 10.1 Å². The lowest BCUT2D eigenvalue weighted by atomic mass is 10.2. The van der Waals surface area contributed by atoms with E-state index < -0.39 is 0 Å². The van der Waals surface area contributed by atoms with E-state index in [1.54, 1.807) is 0 Å². The molecule has 0 amide bonds. The first-order chi connectivity index (χ1) is 11.6. The number of aromatic nitrogens is 5. The lowest BCUT2D eigenvalue weighted by Crippen LogP contribution is -2.45. The summed E-state index contributed by atoms with van der Waals surface area (Å²) in [5.74, 6) is 3.82. The molecule has 0 spiro atoms. The van der Waals surface area contributed by atoms with E-state index in [4.69, 9.17) is 9.26 Å². The molecule has 2 aromatic rings. The fourth-order valence-corrected chi connectivity index (χ4v) is 3.21. The van der Waals surface area contributed by atoms with E-state index in [1.807, 2.05) is 18.5 Å². The first kappa shape index (κ1) is 15.7. The van der Waals surface area contributed by atoms with Crippen LogP contribution in [-0.4, -0.2) is 55.6 Å². The van der Waals surface area contributed by atoms with Crippen molar-refractivity contribution in [2.24, 2.45) is 0 Å². The predicted molar refractivity (Wildman–Crippen MR) is 85.5 cm³/mol. The Balaban J connectivity index is 1.40. The Kier molecular flexibility index (Phi) is 4.09. The first-order valence-electron chi connectivity index (χ1n) is 8.67. The van der Waals surface area contributed by atoms with Gasteiger partial charge in [-0.15, -0.1) is 0 Å². The second-order valence-electron chi connectivity index (χ2n) is 6.82. The fraction of sp³-hybridized carbons (Fsp3) is 0.750. The van der Waals surface area contributed by atoms with Gasteiger partial charge in [0.25, 0.3) is 0 Å². The van der Waals surface area contributed by atoms with Gasteiger partial charge in [0.15, 0.2) is 5.82 Å². The Morgan fingerprint density at radius 2 is 2.08 bits per heavy atom. The van der Waals surface area contributed by atoms with Gasteiger partial charge in [-0.05, 0) is 33.6 Å². The molecule has 0 N–H and O–H groups in total. The molecule has 3 heterocycles. The smallest absolute Gasteiger partial charge is 0.243 e. The minimum absolute atomic E-state index is 0.0897. The normalized spacial score (nSPS) is 23.5. The highest BCUT2D eigenvalue weighted by Gasteiger charge is 2.32. The Hall–Kier alpha value is -1.80. The average molecular weight is 332 g/mol. The molecule has 0 bridgehead atoms. The van der Waals surface area contributed by atoms with E-state index in [-0.39, 0.29) is 12.1 Å². The molecule has 1 aliphatic heterocycles. The zero-order valence-electron chi connectivity index (χ0n) is 14.5. The minimum Gasteiger partial charge on any atom is -0.374 e. The summed E-state index contributed by atoms with van der Waals surface area (Å²) < 4.78 is 13.3. The number of aryl methyl sites for hydroxylation is 2. The molecule has 2 fully saturated rings. The van der Waals surface area contributed by atoms with Crippen molar-refractivity contribution >= 4 is 0 Å². The van der Waals surface area contributed by atoms with Crippen LogP contribution in [0.3, 0.4) is 0 Å². The molecule has 1 saturated carbocycles. The summed E-state index contributed by atoms with van der Waals surface area (Å²) in [6, 6.07) is 0.106. The molecule has 2 aliphatic rings.